The van der Waals surface area contributed by atoms with Crippen LogP contribution in [-0.2, 0) is 4.79 Å². The molecule has 0 radical (unpaired) electrons. The lowest BCUT2D eigenvalue weighted by molar-refractivity contribution is -0.118. The molecule has 0 bridgehead atoms. The van der Waals surface area contributed by atoms with E-state index in [9.17, 15) is 4.79 Å². The third-order valence-electron chi connectivity index (χ3n) is 4.02. The van der Waals surface area contributed by atoms with E-state index in [1.807, 2.05) is 31.2 Å². The van der Waals surface area contributed by atoms with Crippen molar-refractivity contribution < 1.29 is 4.79 Å². The molecule has 1 aliphatic rings. The summed E-state index contributed by atoms with van der Waals surface area (Å²) in [6.45, 7) is 7.82. The minimum atomic E-state index is 0. The molecular formula is C17H28ClN3O. The number of anilines is 1. The van der Waals surface area contributed by atoms with Crippen LogP contribution in [0.5, 0.6) is 0 Å². The van der Waals surface area contributed by atoms with Gasteiger partial charge in [0.05, 0.1) is 6.54 Å². The average molecular weight is 326 g/mol. The van der Waals surface area contributed by atoms with Crippen LogP contribution in [0.4, 0.5) is 5.69 Å². The Bertz CT molecular complexity index is 444. The van der Waals surface area contributed by atoms with Crippen molar-refractivity contribution in [1.82, 2.24) is 10.2 Å². The number of nitrogens with one attached hydrogen (secondary N) is 2. The number of hydrogen-bond acceptors (Lipinski definition) is 3. The molecule has 0 aromatic heterocycles. The molecule has 5 heteroatoms. The third-order valence-corrected chi connectivity index (χ3v) is 4.02. The summed E-state index contributed by atoms with van der Waals surface area (Å²) < 4.78 is 0. The SMILES string of the molecule is CCCN(CC(=O)Nc1ccc(C)cc1)C1CCNCC1.Cl. The first-order valence-electron chi connectivity index (χ1n) is 8.00. The Labute approximate surface area is 140 Å². The number of rotatable bonds is 6. The van der Waals surface area contributed by atoms with Crippen molar-refractivity contribution in [2.45, 2.75) is 39.2 Å². The van der Waals surface area contributed by atoms with E-state index < -0.39 is 0 Å². The highest BCUT2D eigenvalue weighted by Crippen LogP contribution is 2.13. The predicted octanol–water partition coefficient (Wildman–Crippen LogP) is 2.82. The lowest BCUT2D eigenvalue weighted by Crippen LogP contribution is -2.46. The number of amides is 1. The number of carbonyl (C=O) groups excluding carboxylic acids is 1. The molecule has 1 fully saturated rings. The van der Waals surface area contributed by atoms with Gasteiger partial charge in [-0.05, 0) is 58.0 Å². The Hall–Kier alpha value is -1.10. The molecule has 124 valence electrons. The molecule has 1 saturated heterocycles. The van der Waals surface area contributed by atoms with Crippen LogP contribution >= 0.6 is 12.4 Å². The standard InChI is InChI=1S/C17H27N3O.ClH/c1-3-12-20(16-8-10-18-11-9-16)13-17(21)19-15-6-4-14(2)5-7-15;/h4-7,16,18H,3,8-13H2,1-2H3,(H,19,21);1H. The lowest BCUT2D eigenvalue weighted by atomic mass is 10.0. The van der Waals surface area contributed by atoms with Gasteiger partial charge in [0.15, 0.2) is 0 Å². The summed E-state index contributed by atoms with van der Waals surface area (Å²) in [5, 5.41) is 6.38. The van der Waals surface area contributed by atoms with Crippen LogP contribution in [0.3, 0.4) is 0 Å². The minimum absolute atomic E-state index is 0. The number of halogens is 1. The number of nitrogens with zero attached hydrogens (tertiary/aromatic N) is 1. The molecule has 0 atom stereocenters. The summed E-state index contributed by atoms with van der Waals surface area (Å²) >= 11 is 0. The number of benzene rings is 1. The van der Waals surface area contributed by atoms with Gasteiger partial charge in [0.2, 0.25) is 5.91 Å². The fraction of sp³-hybridized carbons (Fsp3) is 0.588. The van der Waals surface area contributed by atoms with E-state index in [1.54, 1.807) is 0 Å². The first-order chi connectivity index (χ1) is 10.2. The third kappa shape index (κ3) is 5.95. The van der Waals surface area contributed by atoms with Crippen molar-refractivity contribution in [3.8, 4) is 0 Å². The molecule has 0 aliphatic carbocycles. The number of carbonyl (C=O) groups is 1. The van der Waals surface area contributed by atoms with Crippen LogP contribution in [-0.4, -0.2) is 43.0 Å². The summed E-state index contributed by atoms with van der Waals surface area (Å²) in [5.41, 5.74) is 2.09. The van der Waals surface area contributed by atoms with Crippen LogP contribution in [0.15, 0.2) is 24.3 Å². The van der Waals surface area contributed by atoms with Crippen LogP contribution < -0.4 is 10.6 Å². The normalized spacial score (nSPS) is 15.4. The Morgan fingerprint density at radius 3 is 2.50 bits per heavy atom. The topological polar surface area (TPSA) is 44.4 Å². The first-order valence-corrected chi connectivity index (χ1v) is 8.00. The molecule has 2 rings (SSSR count). The van der Waals surface area contributed by atoms with Crippen molar-refractivity contribution in [3.63, 3.8) is 0 Å². The molecule has 1 aliphatic heterocycles. The number of piperidine rings is 1. The quantitative estimate of drug-likeness (QED) is 0.845. The lowest BCUT2D eigenvalue weighted by Gasteiger charge is -2.34. The van der Waals surface area contributed by atoms with Crippen molar-refractivity contribution in [2.75, 3.05) is 31.5 Å². The maximum Gasteiger partial charge on any atom is 0.238 e. The van der Waals surface area contributed by atoms with Gasteiger partial charge in [0.1, 0.15) is 0 Å². The van der Waals surface area contributed by atoms with Crippen molar-refractivity contribution in [3.05, 3.63) is 29.8 Å². The van der Waals surface area contributed by atoms with E-state index in [-0.39, 0.29) is 18.3 Å². The maximum atomic E-state index is 12.3. The van der Waals surface area contributed by atoms with Crippen molar-refractivity contribution >= 4 is 24.0 Å². The molecule has 0 spiro atoms. The molecule has 1 heterocycles. The molecule has 22 heavy (non-hydrogen) atoms. The van der Waals surface area contributed by atoms with Crippen LogP contribution in [0.25, 0.3) is 0 Å². The van der Waals surface area contributed by atoms with Gasteiger partial charge in [-0.15, -0.1) is 12.4 Å². The monoisotopic (exact) mass is 325 g/mol. The molecule has 0 saturated carbocycles. The van der Waals surface area contributed by atoms with E-state index in [0.717, 1.165) is 44.6 Å². The van der Waals surface area contributed by atoms with Gasteiger partial charge in [-0.1, -0.05) is 24.6 Å². The summed E-state index contributed by atoms with van der Waals surface area (Å²) in [6, 6.07) is 8.50. The molecule has 0 unspecified atom stereocenters. The maximum absolute atomic E-state index is 12.3. The zero-order chi connectivity index (χ0) is 15.1. The Morgan fingerprint density at radius 2 is 1.91 bits per heavy atom. The van der Waals surface area contributed by atoms with Gasteiger partial charge in [-0.2, -0.15) is 0 Å². The first kappa shape index (κ1) is 18.9. The molecule has 1 aromatic rings. The molecule has 1 amide bonds. The van der Waals surface area contributed by atoms with Gasteiger partial charge in [0.25, 0.3) is 0 Å². The van der Waals surface area contributed by atoms with Crippen molar-refractivity contribution in [2.24, 2.45) is 0 Å². The number of hydrogen-bond donors (Lipinski definition) is 2. The average Bonchev–Trinajstić information content (AvgIpc) is 2.50. The second kappa shape index (κ2) is 9.82. The van der Waals surface area contributed by atoms with E-state index >= 15 is 0 Å². The van der Waals surface area contributed by atoms with E-state index in [4.69, 9.17) is 0 Å². The van der Waals surface area contributed by atoms with E-state index in [1.165, 1.54) is 5.56 Å². The zero-order valence-corrected chi connectivity index (χ0v) is 14.4. The summed E-state index contributed by atoms with van der Waals surface area (Å²) in [4.78, 5) is 14.6. The van der Waals surface area contributed by atoms with Gasteiger partial charge in [-0.25, -0.2) is 0 Å². The highest BCUT2D eigenvalue weighted by molar-refractivity contribution is 5.92. The van der Waals surface area contributed by atoms with E-state index in [2.05, 4.69) is 22.5 Å². The predicted molar refractivity (Wildman–Crippen MR) is 94.8 cm³/mol. The number of aryl methyl sites for hydroxylation is 1. The van der Waals surface area contributed by atoms with Gasteiger partial charge in [-0.3, -0.25) is 9.69 Å². The Kier molecular flexibility index (Phi) is 8.46. The molecule has 2 N–H and O–H groups in total. The van der Waals surface area contributed by atoms with E-state index in [0.29, 0.717) is 12.6 Å². The fourth-order valence-electron chi connectivity index (χ4n) is 2.87. The molecule has 4 nitrogen and oxygen atoms in total. The van der Waals surface area contributed by atoms with Gasteiger partial charge >= 0.3 is 0 Å². The van der Waals surface area contributed by atoms with Gasteiger partial charge < -0.3 is 10.6 Å². The fourth-order valence-corrected chi connectivity index (χ4v) is 2.87. The zero-order valence-electron chi connectivity index (χ0n) is 13.6. The largest absolute Gasteiger partial charge is 0.325 e. The molecular weight excluding hydrogens is 298 g/mol. The minimum Gasteiger partial charge on any atom is -0.325 e. The second-order valence-corrected chi connectivity index (χ2v) is 5.87. The smallest absolute Gasteiger partial charge is 0.238 e. The van der Waals surface area contributed by atoms with Crippen LogP contribution in [0.1, 0.15) is 31.7 Å². The molecule has 1 aromatic carbocycles. The Morgan fingerprint density at radius 1 is 1.27 bits per heavy atom. The second-order valence-electron chi connectivity index (χ2n) is 5.87. The van der Waals surface area contributed by atoms with Crippen LogP contribution in [0, 0.1) is 6.92 Å². The highest BCUT2D eigenvalue weighted by atomic mass is 35.5. The summed E-state index contributed by atoms with van der Waals surface area (Å²) in [7, 11) is 0. The highest BCUT2D eigenvalue weighted by Gasteiger charge is 2.22. The Balaban J connectivity index is 0.00000242. The summed E-state index contributed by atoms with van der Waals surface area (Å²) in [6.07, 6.45) is 3.36. The summed E-state index contributed by atoms with van der Waals surface area (Å²) in [5.74, 6) is 0.0887. The van der Waals surface area contributed by atoms with Gasteiger partial charge in [0, 0.05) is 11.7 Å². The van der Waals surface area contributed by atoms with Crippen LogP contribution in [0.2, 0.25) is 0 Å². The van der Waals surface area contributed by atoms with Crippen molar-refractivity contribution in [1.29, 1.82) is 0 Å².